The van der Waals surface area contributed by atoms with Crippen LogP contribution in [0.1, 0.15) is 22.3 Å². The fraction of sp³-hybridized carbons (Fsp3) is 0.0690. The summed E-state index contributed by atoms with van der Waals surface area (Å²) in [6.07, 6.45) is -22.7. The normalized spacial score (nSPS) is 12.9. The second-order valence-corrected chi connectivity index (χ2v) is 18.0. The average Bonchev–Trinajstić information content (AvgIpc) is 4.01. The van der Waals surface area contributed by atoms with Gasteiger partial charge in [-0.2, -0.15) is 52.7 Å². The predicted octanol–water partition coefficient (Wildman–Crippen LogP) is 15.6. The summed E-state index contributed by atoms with van der Waals surface area (Å²) in [7, 11) is 0. The molecule has 0 bridgehead atoms. The van der Waals surface area contributed by atoms with Crippen molar-refractivity contribution in [3.05, 3.63) is 216 Å². The van der Waals surface area contributed by atoms with E-state index in [2.05, 4.69) is 10.6 Å². The quantitative estimate of drug-likeness (QED) is 0.116. The molecule has 0 radical (unpaired) electrons. The third-order valence-electron chi connectivity index (χ3n) is 13.9. The molecule has 74 heavy (non-hydrogen) atoms. The molecule has 0 N–H and O–H groups in total. The maximum atomic E-state index is 15.2. The first-order valence-electron chi connectivity index (χ1n) is 23.0. The molecule has 16 heteroatoms. The Hall–Kier alpha value is -8.40. The van der Waals surface area contributed by atoms with Gasteiger partial charge in [0.25, 0.3) is 0 Å². The van der Waals surface area contributed by atoms with Gasteiger partial charge in [-0.3, -0.25) is 0 Å². The van der Waals surface area contributed by atoms with Crippen molar-refractivity contribution < 1.29 is 52.7 Å². The fourth-order valence-electron chi connectivity index (χ4n) is 11.0. The molecule has 0 aliphatic carbocycles. The van der Waals surface area contributed by atoms with Crippen molar-refractivity contribution in [3.63, 3.8) is 0 Å². The van der Waals surface area contributed by atoms with Gasteiger partial charge in [0.2, 0.25) is 6.71 Å². The number of hydrogen-bond donors (Lipinski definition) is 0. The highest BCUT2D eigenvalue weighted by Crippen LogP contribution is 2.44. The van der Waals surface area contributed by atoms with Crippen LogP contribution in [0.25, 0.3) is 82.5 Å². The van der Waals surface area contributed by atoms with Gasteiger partial charge in [-0.15, -0.1) is 0 Å². The molecule has 0 saturated carbocycles. The van der Waals surface area contributed by atoms with E-state index < -0.39 is 70.1 Å². The van der Waals surface area contributed by atoms with Crippen LogP contribution in [0.5, 0.6) is 0 Å². The minimum absolute atomic E-state index is 0.119. The molecule has 0 aliphatic heterocycles. The highest BCUT2D eigenvalue weighted by atomic mass is 19.4. The van der Waals surface area contributed by atoms with E-state index in [1.165, 1.54) is 6.07 Å². The third kappa shape index (κ3) is 7.32. The zero-order valence-corrected chi connectivity index (χ0v) is 37.9. The van der Waals surface area contributed by atoms with E-state index in [0.717, 1.165) is 61.4 Å². The summed E-state index contributed by atoms with van der Waals surface area (Å²) in [6, 6.07) is 48.8. The van der Waals surface area contributed by atoms with Crippen molar-refractivity contribution >= 4 is 88.5 Å². The summed E-state index contributed by atoms with van der Waals surface area (Å²) >= 11 is 0. The molecule has 3 nitrogen and oxygen atoms in total. The summed E-state index contributed by atoms with van der Waals surface area (Å²) in [6.45, 7) is -2.94. The van der Waals surface area contributed by atoms with Crippen LogP contribution >= 0.6 is 0 Å². The van der Waals surface area contributed by atoms with Crippen LogP contribution < -0.4 is 16.4 Å². The molecule has 0 spiro atoms. The van der Waals surface area contributed by atoms with Crippen molar-refractivity contribution in [2.75, 3.05) is 0 Å². The summed E-state index contributed by atoms with van der Waals surface area (Å²) in [4.78, 5) is 0. The highest BCUT2D eigenvalue weighted by Gasteiger charge is 2.50. The molecule has 9 aromatic carbocycles. The second-order valence-electron chi connectivity index (χ2n) is 18.0. The Kier molecular flexibility index (Phi) is 10.4. The van der Waals surface area contributed by atoms with Gasteiger partial charge in [0.1, 0.15) is 0 Å². The van der Waals surface area contributed by atoms with E-state index in [9.17, 15) is 0 Å². The smallest absolute Gasteiger partial charge is 0.309 e. The maximum Gasteiger partial charge on any atom is 0.415 e. The van der Waals surface area contributed by atoms with Crippen LogP contribution in [-0.2, 0) is 24.7 Å². The first kappa shape index (κ1) is 46.7. The molecule has 3 heterocycles. The zero-order valence-electron chi connectivity index (χ0n) is 37.9. The summed E-state index contributed by atoms with van der Waals surface area (Å²) < 4.78 is 188. The average molecular weight is 1010 g/mol. The molecule has 0 aliphatic rings. The third-order valence-corrected chi connectivity index (χ3v) is 13.9. The Morgan fingerprint density at radius 3 is 1.08 bits per heavy atom. The minimum Gasteiger partial charge on any atom is -0.309 e. The number of benzene rings is 9. The lowest BCUT2D eigenvalue weighted by atomic mass is 9.34. The molecule has 0 saturated heterocycles. The van der Waals surface area contributed by atoms with Crippen molar-refractivity contribution in [2.45, 2.75) is 24.7 Å². The number of para-hydroxylation sites is 4. The molecule has 0 atom stereocenters. The standard InChI is InChI=1S/C58H32BF12N3/c60-55(61,62)43-19-11-20-44(56(63,64)65)51(43)59(52-45(57(66,67)68)21-12-22-46(52)58(69,70)71)33-25-29-49-41(31-33)42-32-36(26-30-50(42)72(49)34-13-3-1-4-14-34)74-48-24-10-8-18-38(48)40-28-27-39-37-17-7-9-23-47(37)73(53(39)54(40)74)35-15-5-2-6-16-35/h1-32H. The van der Waals surface area contributed by atoms with E-state index in [0.29, 0.717) is 39.9 Å². The minimum atomic E-state index is -5.68. The first-order valence-corrected chi connectivity index (χ1v) is 23.0. The molecule has 12 aromatic rings. The zero-order chi connectivity index (χ0) is 51.6. The fourth-order valence-corrected chi connectivity index (χ4v) is 11.0. The van der Waals surface area contributed by atoms with Crippen LogP contribution in [0.3, 0.4) is 0 Å². The van der Waals surface area contributed by atoms with Gasteiger partial charge in [-0.1, -0.05) is 139 Å². The van der Waals surface area contributed by atoms with Crippen LogP contribution in [0.2, 0.25) is 0 Å². The van der Waals surface area contributed by atoms with E-state index in [1.807, 2.05) is 95.6 Å². The maximum absolute atomic E-state index is 15.2. The van der Waals surface area contributed by atoms with Crippen LogP contribution in [-0.4, -0.2) is 20.4 Å². The lowest BCUT2D eigenvalue weighted by Gasteiger charge is -2.28. The molecular formula is C58H32BF12N3. The highest BCUT2D eigenvalue weighted by molar-refractivity contribution is 6.96. The molecule has 0 fully saturated rings. The molecule has 12 rings (SSSR count). The number of halogens is 12. The molecule has 0 unspecified atom stereocenters. The van der Waals surface area contributed by atoms with Gasteiger partial charge in [-0.25, -0.2) is 0 Å². The molecular weight excluding hydrogens is 977 g/mol. The Bertz CT molecular complexity index is 4060. The van der Waals surface area contributed by atoms with Crippen molar-refractivity contribution in [1.29, 1.82) is 0 Å². The number of fused-ring (bicyclic) bond motifs is 10. The summed E-state index contributed by atoms with van der Waals surface area (Å²) in [5, 5.41) is 4.09. The van der Waals surface area contributed by atoms with Crippen LogP contribution in [0, 0.1) is 0 Å². The van der Waals surface area contributed by atoms with E-state index in [-0.39, 0.29) is 29.7 Å². The topological polar surface area (TPSA) is 14.8 Å². The van der Waals surface area contributed by atoms with Gasteiger partial charge in [-0.05, 0) is 71.6 Å². The van der Waals surface area contributed by atoms with Crippen molar-refractivity contribution in [1.82, 2.24) is 13.7 Å². The van der Waals surface area contributed by atoms with E-state index >= 15 is 52.7 Å². The molecule has 366 valence electrons. The van der Waals surface area contributed by atoms with Gasteiger partial charge < -0.3 is 13.7 Å². The van der Waals surface area contributed by atoms with E-state index in [4.69, 9.17) is 0 Å². The number of aromatic nitrogens is 3. The van der Waals surface area contributed by atoms with Gasteiger partial charge in [0.05, 0.1) is 55.4 Å². The SMILES string of the molecule is FC(F)(F)c1cccc(C(F)(F)F)c1B(c1ccc2c(c1)c1cc(-n3c4ccccc4c4ccc5c6ccccc6n(-c6ccccc6)c5c43)ccc1n2-c1ccccc1)c1c(C(F)(F)F)cccc1C(F)(F)F. The first-order chi connectivity index (χ1) is 35.3. The summed E-state index contributed by atoms with van der Waals surface area (Å²) in [5.74, 6) is 0. The second kappa shape index (κ2) is 16.6. The Labute approximate surface area is 411 Å². The Morgan fingerprint density at radius 1 is 0.270 bits per heavy atom. The van der Waals surface area contributed by atoms with Crippen molar-refractivity contribution in [2.24, 2.45) is 0 Å². The molecule has 3 aromatic heterocycles. The number of nitrogens with zero attached hydrogens (tertiary/aromatic N) is 3. The largest absolute Gasteiger partial charge is 0.415 e. The number of alkyl halides is 12. The predicted molar refractivity (Wildman–Crippen MR) is 267 cm³/mol. The Morgan fingerprint density at radius 2 is 0.635 bits per heavy atom. The molecule has 0 amide bonds. The lowest BCUT2D eigenvalue weighted by molar-refractivity contribution is -0.142. The lowest BCUT2D eigenvalue weighted by Crippen LogP contribution is -2.59. The van der Waals surface area contributed by atoms with Gasteiger partial charge in [0.15, 0.2) is 0 Å². The van der Waals surface area contributed by atoms with Gasteiger partial charge >= 0.3 is 24.7 Å². The summed E-state index contributed by atoms with van der Waals surface area (Å²) in [5.41, 5.74) is -6.50. The van der Waals surface area contributed by atoms with Gasteiger partial charge in [0, 0.05) is 49.4 Å². The monoisotopic (exact) mass is 1010 g/mol. The number of hydrogen-bond acceptors (Lipinski definition) is 0. The van der Waals surface area contributed by atoms with Crippen LogP contribution in [0.4, 0.5) is 52.7 Å². The van der Waals surface area contributed by atoms with Crippen molar-refractivity contribution in [3.8, 4) is 17.1 Å². The number of rotatable bonds is 6. The van der Waals surface area contributed by atoms with Crippen LogP contribution in [0.15, 0.2) is 194 Å². The Balaban J connectivity index is 1.23. The van der Waals surface area contributed by atoms with E-state index in [1.54, 1.807) is 47.0 Å².